The standard InChI is InChI=1S/C16H15Cl2NO3S/c1-10(22-15(20)5-2-11-6-7-23-9-11)16(21)19-14-4-3-12(17)8-13(14)18/h3-4,6-10H,2,5H2,1H3,(H,19,21). The van der Waals surface area contributed by atoms with E-state index < -0.39 is 18.0 Å². The number of hydrogen-bond acceptors (Lipinski definition) is 4. The fourth-order valence-corrected chi connectivity index (χ4v) is 2.98. The summed E-state index contributed by atoms with van der Waals surface area (Å²) in [5.41, 5.74) is 1.50. The van der Waals surface area contributed by atoms with E-state index in [2.05, 4.69) is 5.32 Å². The molecule has 4 nitrogen and oxygen atoms in total. The lowest BCUT2D eigenvalue weighted by atomic mass is 10.2. The van der Waals surface area contributed by atoms with Gasteiger partial charge in [0.1, 0.15) is 0 Å². The monoisotopic (exact) mass is 371 g/mol. The number of esters is 1. The first kappa shape index (κ1) is 17.8. The molecule has 0 bridgehead atoms. The summed E-state index contributed by atoms with van der Waals surface area (Å²) >= 11 is 13.4. The number of benzene rings is 1. The molecule has 1 N–H and O–H groups in total. The normalized spacial score (nSPS) is 11.8. The van der Waals surface area contributed by atoms with Crippen molar-refractivity contribution in [3.8, 4) is 0 Å². The average molecular weight is 372 g/mol. The van der Waals surface area contributed by atoms with Crippen LogP contribution in [0.2, 0.25) is 10.0 Å². The van der Waals surface area contributed by atoms with Gasteiger partial charge in [0.15, 0.2) is 6.10 Å². The molecule has 0 saturated heterocycles. The van der Waals surface area contributed by atoms with Crippen molar-refractivity contribution in [1.29, 1.82) is 0 Å². The molecule has 0 radical (unpaired) electrons. The van der Waals surface area contributed by atoms with Crippen LogP contribution in [-0.4, -0.2) is 18.0 Å². The molecule has 1 amide bonds. The topological polar surface area (TPSA) is 55.4 Å². The largest absolute Gasteiger partial charge is 0.453 e. The van der Waals surface area contributed by atoms with E-state index in [4.69, 9.17) is 27.9 Å². The number of anilines is 1. The van der Waals surface area contributed by atoms with E-state index in [-0.39, 0.29) is 6.42 Å². The van der Waals surface area contributed by atoms with Gasteiger partial charge in [0.2, 0.25) is 0 Å². The van der Waals surface area contributed by atoms with E-state index >= 15 is 0 Å². The molecule has 2 rings (SSSR count). The molecule has 1 aromatic carbocycles. The van der Waals surface area contributed by atoms with Gasteiger partial charge in [-0.05, 0) is 53.9 Å². The van der Waals surface area contributed by atoms with Gasteiger partial charge in [0.25, 0.3) is 5.91 Å². The van der Waals surface area contributed by atoms with E-state index in [1.54, 1.807) is 23.5 Å². The van der Waals surface area contributed by atoms with Crippen LogP contribution < -0.4 is 5.32 Å². The second kappa shape index (κ2) is 8.34. The molecule has 0 aliphatic heterocycles. The number of nitrogens with one attached hydrogen (secondary N) is 1. The van der Waals surface area contributed by atoms with Crippen molar-refractivity contribution in [3.63, 3.8) is 0 Å². The van der Waals surface area contributed by atoms with E-state index in [9.17, 15) is 9.59 Å². The van der Waals surface area contributed by atoms with E-state index in [0.717, 1.165) is 5.56 Å². The van der Waals surface area contributed by atoms with Crippen LogP contribution >= 0.6 is 34.5 Å². The number of carbonyl (C=O) groups is 2. The van der Waals surface area contributed by atoms with Crippen molar-refractivity contribution in [3.05, 3.63) is 50.6 Å². The summed E-state index contributed by atoms with van der Waals surface area (Å²) in [6.45, 7) is 1.52. The fourth-order valence-electron chi connectivity index (χ4n) is 1.82. The average Bonchev–Trinajstić information content (AvgIpc) is 3.01. The molecule has 0 fully saturated rings. The Hall–Kier alpha value is -1.56. The minimum Gasteiger partial charge on any atom is -0.453 e. The Bertz CT molecular complexity index is 689. The Balaban J connectivity index is 1.83. The van der Waals surface area contributed by atoms with Crippen LogP contribution in [0.3, 0.4) is 0 Å². The zero-order chi connectivity index (χ0) is 16.8. The van der Waals surface area contributed by atoms with Gasteiger partial charge in [-0.2, -0.15) is 11.3 Å². The number of thiophene rings is 1. The lowest BCUT2D eigenvalue weighted by Crippen LogP contribution is -2.30. The van der Waals surface area contributed by atoms with Crippen LogP contribution in [0.25, 0.3) is 0 Å². The van der Waals surface area contributed by atoms with Gasteiger partial charge >= 0.3 is 5.97 Å². The second-order valence-electron chi connectivity index (χ2n) is 4.88. The van der Waals surface area contributed by atoms with Crippen molar-refractivity contribution in [2.45, 2.75) is 25.9 Å². The smallest absolute Gasteiger partial charge is 0.306 e. The van der Waals surface area contributed by atoms with Gasteiger partial charge in [0, 0.05) is 11.4 Å². The molecule has 1 heterocycles. The molecule has 2 aromatic rings. The Morgan fingerprint density at radius 2 is 2.09 bits per heavy atom. The van der Waals surface area contributed by atoms with Crippen LogP contribution in [0.5, 0.6) is 0 Å². The van der Waals surface area contributed by atoms with Gasteiger partial charge in [-0.15, -0.1) is 0 Å². The first-order chi connectivity index (χ1) is 11.0. The Morgan fingerprint density at radius 1 is 1.30 bits per heavy atom. The maximum absolute atomic E-state index is 12.0. The van der Waals surface area contributed by atoms with Gasteiger partial charge in [-0.3, -0.25) is 9.59 Å². The molecule has 1 aromatic heterocycles. The first-order valence-electron chi connectivity index (χ1n) is 6.92. The summed E-state index contributed by atoms with van der Waals surface area (Å²) in [4.78, 5) is 23.8. The van der Waals surface area contributed by atoms with Crippen LogP contribution in [0.1, 0.15) is 18.9 Å². The van der Waals surface area contributed by atoms with Gasteiger partial charge in [-0.25, -0.2) is 0 Å². The van der Waals surface area contributed by atoms with Crippen LogP contribution in [0.15, 0.2) is 35.0 Å². The highest BCUT2D eigenvalue weighted by molar-refractivity contribution is 7.07. The number of ether oxygens (including phenoxy) is 1. The lowest BCUT2D eigenvalue weighted by Gasteiger charge is -2.14. The van der Waals surface area contributed by atoms with Crippen molar-refractivity contribution >= 4 is 52.1 Å². The minimum absolute atomic E-state index is 0.232. The number of hydrogen-bond donors (Lipinski definition) is 1. The predicted octanol–water partition coefficient (Wildman–Crippen LogP) is 4.56. The van der Waals surface area contributed by atoms with E-state index in [0.29, 0.717) is 22.2 Å². The highest BCUT2D eigenvalue weighted by Gasteiger charge is 2.18. The molecule has 0 aliphatic rings. The molecule has 0 spiro atoms. The van der Waals surface area contributed by atoms with Crippen LogP contribution in [0, 0.1) is 0 Å². The Labute approximate surface area is 148 Å². The maximum atomic E-state index is 12.0. The molecule has 7 heteroatoms. The summed E-state index contributed by atoms with van der Waals surface area (Å²) in [5.74, 6) is -0.862. The number of halogens is 2. The van der Waals surface area contributed by atoms with Crippen LogP contribution in [0.4, 0.5) is 5.69 Å². The highest BCUT2D eigenvalue weighted by Crippen LogP contribution is 2.25. The number of amides is 1. The third-order valence-electron chi connectivity index (χ3n) is 3.06. The van der Waals surface area contributed by atoms with E-state index in [1.165, 1.54) is 13.0 Å². The van der Waals surface area contributed by atoms with Gasteiger partial charge in [-0.1, -0.05) is 23.2 Å². The molecule has 1 atom stereocenters. The summed E-state index contributed by atoms with van der Waals surface area (Å²) in [6, 6.07) is 6.68. The highest BCUT2D eigenvalue weighted by atomic mass is 35.5. The molecular weight excluding hydrogens is 357 g/mol. The molecular formula is C16H15Cl2NO3S. The summed E-state index contributed by atoms with van der Waals surface area (Å²) in [6.07, 6.45) is -0.0767. The third kappa shape index (κ3) is 5.53. The second-order valence-corrected chi connectivity index (χ2v) is 6.50. The van der Waals surface area contributed by atoms with Crippen molar-refractivity contribution in [1.82, 2.24) is 0 Å². The maximum Gasteiger partial charge on any atom is 0.306 e. The van der Waals surface area contributed by atoms with Crippen molar-refractivity contribution in [2.75, 3.05) is 5.32 Å². The lowest BCUT2D eigenvalue weighted by molar-refractivity contribution is -0.153. The Kier molecular flexibility index (Phi) is 6.45. The zero-order valence-corrected chi connectivity index (χ0v) is 14.7. The first-order valence-corrected chi connectivity index (χ1v) is 8.62. The van der Waals surface area contributed by atoms with Gasteiger partial charge in [0.05, 0.1) is 10.7 Å². The van der Waals surface area contributed by atoms with Crippen molar-refractivity contribution in [2.24, 2.45) is 0 Å². The molecule has 122 valence electrons. The summed E-state index contributed by atoms with van der Waals surface area (Å²) in [7, 11) is 0. The summed E-state index contributed by atoms with van der Waals surface area (Å²) in [5, 5.41) is 7.33. The molecule has 0 aliphatic carbocycles. The SMILES string of the molecule is CC(OC(=O)CCc1ccsc1)C(=O)Nc1ccc(Cl)cc1Cl. The van der Waals surface area contributed by atoms with E-state index in [1.807, 2.05) is 16.8 Å². The zero-order valence-electron chi connectivity index (χ0n) is 12.3. The molecule has 0 saturated carbocycles. The minimum atomic E-state index is -0.906. The number of aryl methyl sites for hydroxylation is 1. The molecule has 23 heavy (non-hydrogen) atoms. The molecule has 1 unspecified atom stereocenters. The number of carbonyl (C=O) groups excluding carboxylic acids is 2. The van der Waals surface area contributed by atoms with Crippen molar-refractivity contribution < 1.29 is 14.3 Å². The fraction of sp³-hybridized carbons (Fsp3) is 0.250. The number of rotatable bonds is 6. The predicted molar refractivity (Wildman–Crippen MR) is 93.3 cm³/mol. The van der Waals surface area contributed by atoms with Crippen LogP contribution in [-0.2, 0) is 20.7 Å². The third-order valence-corrected chi connectivity index (χ3v) is 4.34. The van der Waals surface area contributed by atoms with Gasteiger partial charge < -0.3 is 10.1 Å². The Morgan fingerprint density at radius 3 is 2.74 bits per heavy atom. The quantitative estimate of drug-likeness (QED) is 0.757. The summed E-state index contributed by atoms with van der Waals surface area (Å²) < 4.78 is 5.13.